The van der Waals surface area contributed by atoms with Crippen molar-refractivity contribution in [3.63, 3.8) is 0 Å². The Morgan fingerprint density at radius 3 is 1.67 bits per heavy atom. The van der Waals surface area contributed by atoms with Crippen LogP contribution in [0.5, 0.6) is 0 Å². The smallest absolute Gasteiger partial charge is 0.0639 e. The second-order valence-electron chi connectivity index (χ2n) is 5.19. The Kier molecular flexibility index (Phi) is 4.57. The summed E-state index contributed by atoms with van der Waals surface area (Å²) >= 11 is 14.7. The molecule has 2 aromatic carbocycles. The zero-order chi connectivity index (χ0) is 15.3. The van der Waals surface area contributed by atoms with Crippen LogP contribution >= 0.6 is 63.7 Å². The van der Waals surface area contributed by atoms with Gasteiger partial charge in [-0.1, -0.05) is 38.8 Å². The molecule has 5 heteroatoms. The molecule has 1 nitrogen and oxygen atoms in total. The highest BCUT2D eigenvalue weighted by molar-refractivity contribution is 9.11. The molecule has 0 aliphatic heterocycles. The third-order valence-corrected chi connectivity index (χ3v) is 5.98. The summed E-state index contributed by atoms with van der Waals surface area (Å²) < 4.78 is 6.83. The predicted octanol–water partition coefficient (Wildman–Crippen LogP) is 7.82. The Labute approximate surface area is 157 Å². The molecule has 0 aliphatic carbocycles. The van der Waals surface area contributed by atoms with E-state index in [1.165, 1.54) is 21.8 Å². The molecule has 1 unspecified atom stereocenters. The SMILES string of the molecule is CCC(C)n1c2c(Br)cc(Br)cc2c2cc(Br)cc(Br)c21. The van der Waals surface area contributed by atoms with E-state index < -0.39 is 0 Å². The number of benzene rings is 2. The lowest BCUT2D eigenvalue weighted by molar-refractivity contribution is 0.562. The van der Waals surface area contributed by atoms with Crippen molar-refractivity contribution in [3.05, 3.63) is 42.2 Å². The Bertz CT molecular complexity index is 785. The van der Waals surface area contributed by atoms with Crippen LogP contribution in [0, 0.1) is 0 Å². The highest BCUT2D eigenvalue weighted by Crippen LogP contribution is 2.42. The van der Waals surface area contributed by atoms with Gasteiger partial charge < -0.3 is 4.57 Å². The molecule has 0 saturated heterocycles. The third kappa shape index (κ3) is 2.64. The van der Waals surface area contributed by atoms with Crippen molar-refractivity contribution in [3.8, 4) is 0 Å². The Morgan fingerprint density at radius 1 is 0.857 bits per heavy atom. The van der Waals surface area contributed by atoms with Gasteiger partial charge in [0.05, 0.1) is 11.0 Å². The summed E-state index contributed by atoms with van der Waals surface area (Å²) in [4.78, 5) is 0. The van der Waals surface area contributed by atoms with Gasteiger partial charge in [-0.3, -0.25) is 0 Å². The van der Waals surface area contributed by atoms with Crippen LogP contribution in [0.3, 0.4) is 0 Å². The summed E-state index contributed by atoms with van der Waals surface area (Å²) in [6.07, 6.45) is 1.09. The number of nitrogens with zero attached hydrogens (tertiary/aromatic N) is 1. The van der Waals surface area contributed by atoms with Crippen LogP contribution < -0.4 is 0 Å². The number of aromatic nitrogens is 1. The van der Waals surface area contributed by atoms with Crippen molar-refractivity contribution in [2.24, 2.45) is 0 Å². The molecule has 3 rings (SSSR count). The fourth-order valence-electron chi connectivity index (χ4n) is 2.77. The highest BCUT2D eigenvalue weighted by atomic mass is 79.9. The Balaban J connectivity index is 2.62. The van der Waals surface area contributed by atoms with E-state index in [2.05, 4.69) is 106 Å². The number of hydrogen-bond acceptors (Lipinski definition) is 0. The molecule has 3 aromatic rings. The number of fused-ring (bicyclic) bond motifs is 3. The first-order valence-corrected chi connectivity index (χ1v) is 9.89. The Morgan fingerprint density at radius 2 is 1.29 bits per heavy atom. The van der Waals surface area contributed by atoms with Gasteiger partial charge in [-0.2, -0.15) is 0 Å². The van der Waals surface area contributed by atoms with E-state index in [0.29, 0.717) is 6.04 Å². The van der Waals surface area contributed by atoms with Gasteiger partial charge in [0.1, 0.15) is 0 Å². The van der Waals surface area contributed by atoms with Crippen LogP contribution in [0.4, 0.5) is 0 Å². The molecule has 21 heavy (non-hydrogen) atoms. The summed E-state index contributed by atoms with van der Waals surface area (Å²) in [5, 5.41) is 2.52. The first-order valence-electron chi connectivity index (χ1n) is 6.71. The maximum Gasteiger partial charge on any atom is 0.0639 e. The van der Waals surface area contributed by atoms with Crippen molar-refractivity contribution in [2.75, 3.05) is 0 Å². The van der Waals surface area contributed by atoms with Gasteiger partial charge >= 0.3 is 0 Å². The lowest BCUT2D eigenvalue weighted by Crippen LogP contribution is -2.04. The predicted molar refractivity (Wildman–Crippen MR) is 105 cm³/mol. The van der Waals surface area contributed by atoms with E-state index in [1.807, 2.05) is 0 Å². The van der Waals surface area contributed by atoms with E-state index in [9.17, 15) is 0 Å². The molecule has 1 heterocycles. The topological polar surface area (TPSA) is 4.93 Å². The van der Waals surface area contributed by atoms with Gasteiger partial charge in [0.15, 0.2) is 0 Å². The average Bonchev–Trinajstić information content (AvgIpc) is 2.73. The van der Waals surface area contributed by atoms with Gasteiger partial charge in [-0.15, -0.1) is 0 Å². The fourth-order valence-corrected chi connectivity index (χ4v) is 5.60. The minimum atomic E-state index is 0.431. The van der Waals surface area contributed by atoms with Gasteiger partial charge in [0, 0.05) is 34.7 Å². The first-order chi connectivity index (χ1) is 9.93. The summed E-state index contributed by atoms with van der Waals surface area (Å²) in [6, 6.07) is 9.05. The van der Waals surface area contributed by atoms with E-state index in [1.54, 1.807) is 0 Å². The molecule has 0 fully saturated rings. The Hall–Kier alpha value is 0.160. The minimum Gasteiger partial charge on any atom is -0.336 e. The summed E-state index contributed by atoms with van der Waals surface area (Å²) in [6.45, 7) is 4.49. The van der Waals surface area contributed by atoms with E-state index in [-0.39, 0.29) is 0 Å². The molecule has 0 radical (unpaired) electrons. The van der Waals surface area contributed by atoms with Crippen LogP contribution in [-0.2, 0) is 0 Å². The first kappa shape index (κ1) is 16.0. The molecular formula is C16H13Br4N. The zero-order valence-corrected chi connectivity index (χ0v) is 17.9. The van der Waals surface area contributed by atoms with E-state index >= 15 is 0 Å². The van der Waals surface area contributed by atoms with E-state index in [4.69, 9.17) is 0 Å². The second kappa shape index (κ2) is 5.99. The lowest BCUT2D eigenvalue weighted by Gasteiger charge is -2.16. The van der Waals surface area contributed by atoms with Crippen LogP contribution in [0.15, 0.2) is 42.2 Å². The third-order valence-electron chi connectivity index (χ3n) is 3.86. The summed E-state index contributed by atoms with van der Waals surface area (Å²) in [5.74, 6) is 0. The second-order valence-corrected chi connectivity index (χ2v) is 8.73. The van der Waals surface area contributed by atoms with Crippen LogP contribution in [0.25, 0.3) is 21.8 Å². The van der Waals surface area contributed by atoms with Crippen molar-refractivity contribution in [1.82, 2.24) is 4.57 Å². The number of rotatable bonds is 2. The van der Waals surface area contributed by atoms with Gasteiger partial charge in [-0.25, -0.2) is 0 Å². The molecule has 0 spiro atoms. The molecule has 0 amide bonds. The maximum atomic E-state index is 3.74. The van der Waals surface area contributed by atoms with E-state index in [0.717, 1.165) is 24.3 Å². The van der Waals surface area contributed by atoms with Gasteiger partial charge in [0.25, 0.3) is 0 Å². The van der Waals surface area contributed by atoms with Crippen molar-refractivity contribution in [2.45, 2.75) is 26.3 Å². The molecule has 110 valence electrons. The largest absolute Gasteiger partial charge is 0.336 e. The van der Waals surface area contributed by atoms with Crippen molar-refractivity contribution < 1.29 is 0 Å². The molecule has 0 aliphatic rings. The molecule has 0 saturated carbocycles. The van der Waals surface area contributed by atoms with Gasteiger partial charge in [-0.05, 0) is 69.5 Å². The van der Waals surface area contributed by atoms with Crippen molar-refractivity contribution >= 4 is 85.5 Å². The number of hydrogen-bond donors (Lipinski definition) is 0. The van der Waals surface area contributed by atoms with Crippen LogP contribution in [-0.4, -0.2) is 4.57 Å². The van der Waals surface area contributed by atoms with Crippen LogP contribution in [0.2, 0.25) is 0 Å². The molecular weight excluding hydrogens is 526 g/mol. The molecule has 0 bridgehead atoms. The average molecular weight is 539 g/mol. The summed E-state index contributed by atoms with van der Waals surface area (Å²) in [5.41, 5.74) is 2.50. The lowest BCUT2D eigenvalue weighted by atomic mass is 10.1. The fraction of sp³-hybridized carbons (Fsp3) is 0.250. The monoisotopic (exact) mass is 535 g/mol. The van der Waals surface area contributed by atoms with Crippen LogP contribution in [0.1, 0.15) is 26.3 Å². The van der Waals surface area contributed by atoms with Crippen molar-refractivity contribution in [1.29, 1.82) is 0 Å². The molecule has 1 aromatic heterocycles. The summed E-state index contributed by atoms with van der Waals surface area (Å²) in [7, 11) is 0. The minimum absolute atomic E-state index is 0.431. The molecule has 0 N–H and O–H groups in total. The quantitative estimate of drug-likeness (QED) is 0.313. The molecule has 1 atom stereocenters. The number of halogens is 4. The standard InChI is InChI=1S/C16H13Br4N/c1-3-8(2)21-15-11(4-9(17)6-13(15)19)12-5-10(18)7-14(20)16(12)21/h4-8H,3H2,1-2H3. The normalized spacial score (nSPS) is 13.2. The highest BCUT2D eigenvalue weighted by Gasteiger charge is 2.19. The maximum absolute atomic E-state index is 3.74. The van der Waals surface area contributed by atoms with Gasteiger partial charge in [0.2, 0.25) is 0 Å². The zero-order valence-electron chi connectivity index (χ0n) is 11.6.